The molecule has 0 bridgehead atoms. The topological polar surface area (TPSA) is 119 Å². The van der Waals surface area contributed by atoms with Crippen LogP contribution in [0.25, 0.3) is 0 Å². The standard InChI is InChI=1S/C30H37N3O7/c1-21-17-33(29(36)32-27(21)35)28-25(39-22(2)34)26(38-19-24-13-8-5-9-14-24)30(40-28,15-10-16-31-3)20-37-18-23-11-6-4-7-12-23/h4-9,11-14,17,25-28,35H,3,10,15-16,18-20H2,1-2H3,(H,32,36)/t25-,26+,27?,28-,30-/m1/s1. The summed E-state index contributed by atoms with van der Waals surface area (Å²) in [7, 11) is 0. The highest BCUT2D eigenvalue weighted by Gasteiger charge is 2.60. The van der Waals surface area contributed by atoms with E-state index in [4.69, 9.17) is 18.9 Å². The number of hydrogen-bond acceptors (Lipinski definition) is 8. The molecule has 5 atom stereocenters. The van der Waals surface area contributed by atoms with Gasteiger partial charge in [0, 0.05) is 19.7 Å². The van der Waals surface area contributed by atoms with E-state index < -0.39 is 42.3 Å². The van der Waals surface area contributed by atoms with Gasteiger partial charge in [-0.3, -0.25) is 9.69 Å². The quantitative estimate of drug-likeness (QED) is 0.222. The van der Waals surface area contributed by atoms with Crippen molar-refractivity contribution in [3.63, 3.8) is 0 Å². The molecule has 0 saturated carbocycles. The van der Waals surface area contributed by atoms with Crippen LogP contribution >= 0.6 is 0 Å². The molecular formula is C30H37N3O7. The van der Waals surface area contributed by atoms with Crippen molar-refractivity contribution in [2.24, 2.45) is 4.99 Å². The van der Waals surface area contributed by atoms with E-state index in [0.29, 0.717) is 31.6 Å². The fourth-order valence-corrected chi connectivity index (χ4v) is 5.00. The van der Waals surface area contributed by atoms with Crippen LogP contribution in [0.1, 0.15) is 37.8 Å². The van der Waals surface area contributed by atoms with E-state index in [9.17, 15) is 14.7 Å². The molecule has 0 aromatic heterocycles. The summed E-state index contributed by atoms with van der Waals surface area (Å²) in [5.74, 6) is -0.543. The zero-order chi connectivity index (χ0) is 28.5. The van der Waals surface area contributed by atoms with Gasteiger partial charge in [0.2, 0.25) is 0 Å². The van der Waals surface area contributed by atoms with Crippen LogP contribution in [0, 0.1) is 0 Å². The molecule has 1 unspecified atom stereocenters. The normalized spacial score (nSPS) is 26.2. The van der Waals surface area contributed by atoms with Crippen molar-refractivity contribution >= 4 is 18.7 Å². The van der Waals surface area contributed by atoms with Crippen molar-refractivity contribution in [1.29, 1.82) is 0 Å². The summed E-state index contributed by atoms with van der Waals surface area (Å²) in [4.78, 5) is 30.7. The number of carbonyl (C=O) groups is 2. The first-order valence-electron chi connectivity index (χ1n) is 13.3. The summed E-state index contributed by atoms with van der Waals surface area (Å²) >= 11 is 0. The summed E-state index contributed by atoms with van der Waals surface area (Å²) in [6, 6.07) is 18.8. The fraction of sp³-hybridized carbons (Fsp3) is 0.433. The minimum Gasteiger partial charge on any atom is -0.455 e. The minimum atomic E-state index is -1.12. The molecule has 10 heteroatoms. The molecule has 2 heterocycles. The average molecular weight is 552 g/mol. The third-order valence-corrected chi connectivity index (χ3v) is 6.94. The van der Waals surface area contributed by atoms with Crippen LogP contribution < -0.4 is 5.32 Å². The first kappa shape index (κ1) is 29.4. The number of ether oxygens (including phenoxy) is 4. The van der Waals surface area contributed by atoms with Crippen molar-refractivity contribution < 1.29 is 33.6 Å². The lowest BCUT2D eigenvalue weighted by atomic mass is 9.90. The SMILES string of the molecule is C=NCCC[C@]1(COCc2ccccc2)O[C@@H](N2C=C(C)C(O)NC2=O)[C@H](OC(C)=O)[C@@H]1OCc1ccccc1. The molecule has 1 saturated heterocycles. The van der Waals surface area contributed by atoms with Crippen LogP contribution in [-0.2, 0) is 37.0 Å². The predicted molar refractivity (Wildman–Crippen MR) is 148 cm³/mol. The molecule has 0 aliphatic carbocycles. The van der Waals surface area contributed by atoms with Gasteiger partial charge in [-0.2, -0.15) is 0 Å². The molecule has 1 fully saturated rings. The van der Waals surface area contributed by atoms with Gasteiger partial charge in [-0.25, -0.2) is 4.79 Å². The van der Waals surface area contributed by atoms with Crippen molar-refractivity contribution in [3.8, 4) is 0 Å². The number of benzene rings is 2. The van der Waals surface area contributed by atoms with Crippen LogP contribution in [0.3, 0.4) is 0 Å². The number of esters is 1. The van der Waals surface area contributed by atoms with Crippen molar-refractivity contribution in [1.82, 2.24) is 10.2 Å². The van der Waals surface area contributed by atoms with Gasteiger partial charge in [-0.15, -0.1) is 0 Å². The van der Waals surface area contributed by atoms with Gasteiger partial charge < -0.3 is 34.4 Å². The molecule has 2 aromatic rings. The summed E-state index contributed by atoms with van der Waals surface area (Å²) in [6.07, 6.45) is -1.40. The third kappa shape index (κ3) is 7.14. The number of amides is 2. The largest absolute Gasteiger partial charge is 0.455 e. The lowest BCUT2D eigenvalue weighted by molar-refractivity contribution is -0.163. The highest BCUT2D eigenvalue weighted by atomic mass is 16.7. The molecule has 10 nitrogen and oxygen atoms in total. The molecule has 0 radical (unpaired) electrons. The van der Waals surface area contributed by atoms with Gasteiger partial charge >= 0.3 is 12.0 Å². The number of urea groups is 1. The van der Waals surface area contributed by atoms with Crippen molar-refractivity contribution in [3.05, 3.63) is 83.6 Å². The molecule has 2 N–H and O–H groups in total. The number of aliphatic hydroxyl groups excluding tert-OH is 1. The number of aliphatic hydroxyl groups is 1. The Morgan fingerprint density at radius 2 is 1.77 bits per heavy atom. The summed E-state index contributed by atoms with van der Waals surface area (Å²) < 4.78 is 25.2. The van der Waals surface area contributed by atoms with Gasteiger partial charge in [0.1, 0.15) is 11.7 Å². The van der Waals surface area contributed by atoms with Gasteiger partial charge in [-0.1, -0.05) is 60.7 Å². The van der Waals surface area contributed by atoms with E-state index >= 15 is 0 Å². The molecule has 40 heavy (non-hydrogen) atoms. The Morgan fingerprint density at radius 1 is 1.12 bits per heavy atom. The molecule has 2 aliphatic heterocycles. The van der Waals surface area contributed by atoms with E-state index in [0.717, 1.165) is 11.1 Å². The molecule has 2 aromatic carbocycles. The first-order chi connectivity index (χ1) is 19.3. The highest BCUT2D eigenvalue weighted by Crippen LogP contribution is 2.42. The monoisotopic (exact) mass is 551 g/mol. The molecule has 2 amide bonds. The lowest BCUT2D eigenvalue weighted by Gasteiger charge is -2.35. The Balaban J connectivity index is 1.70. The fourth-order valence-electron chi connectivity index (χ4n) is 5.00. The molecule has 214 valence electrons. The Bertz CT molecular complexity index is 1180. The van der Waals surface area contributed by atoms with Gasteiger partial charge in [0.15, 0.2) is 18.6 Å². The second-order valence-electron chi connectivity index (χ2n) is 10.0. The first-order valence-corrected chi connectivity index (χ1v) is 13.3. The Kier molecular flexibility index (Phi) is 10.1. The lowest BCUT2D eigenvalue weighted by Crippen LogP contribution is -2.55. The minimum absolute atomic E-state index is 0.105. The van der Waals surface area contributed by atoms with Crippen LogP contribution in [0.4, 0.5) is 4.79 Å². The maximum absolute atomic E-state index is 13.0. The Morgan fingerprint density at radius 3 is 2.40 bits per heavy atom. The Hall–Kier alpha value is -3.57. The zero-order valence-electron chi connectivity index (χ0n) is 22.9. The summed E-state index contributed by atoms with van der Waals surface area (Å²) in [5, 5.41) is 12.6. The summed E-state index contributed by atoms with van der Waals surface area (Å²) in [6.45, 7) is 7.72. The maximum atomic E-state index is 13.0. The second-order valence-corrected chi connectivity index (χ2v) is 10.0. The maximum Gasteiger partial charge on any atom is 0.325 e. The van der Waals surface area contributed by atoms with E-state index in [1.165, 1.54) is 18.0 Å². The molecule has 0 spiro atoms. The molecule has 2 aliphatic rings. The van der Waals surface area contributed by atoms with Gasteiger partial charge in [-0.05, 0) is 43.2 Å². The number of aliphatic imine (C=N–C) groups is 1. The van der Waals surface area contributed by atoms with Crippen LogP contribution in [0.2, 0.25) is 0 Å². The predicted octanol–water partition coefficient (Wildman–Crippen LogP) is 3.54. The van der Waals surface area contributed by atoms with E-state index in [2.05, 4.69) is 17.0 Å². The van der Waals surface area contributed by atoms with Gasteiger partial charge in [0.05, 0.1) is 19.8 Å². The zero-order valence-corrected chi connectivity index (χ0v) is 22.9. The van der Waals surface area contributed by atoms with Crippen molar-refractivity contribution in [2.45, 2.75) is 70.2 Å². The smallest absolute Gasteiger partial charge is 0.325 e. The number of hydrogen-bond donors (Lipinski definition) is 2. The van der Waals surface area contributed by atoms with E-state index in [1.54, 1.807) is 6.92 Å². The van der Waals surface area contributed by atoms with Gasteiger partial charge in [0.25, 0.3) is 0 Å². The van der Waals surface area contributed by atoms with E-state index in [-0.39, 0.29) is 13.2 Å². The summed E-state index contributed by atoms with van der Waals surface area (Å²) in [5.41, 5.74) is 1.31. The highest BCUT2D eigenvalue weighted by molar-refractivity contribution is 5.77. The molecular weight excluding hydrogens is 514 g/mol. The van der Waals surface area contributed by atoms with E-state index in [1.807, 2.05) is 60.7 Å². The number of nitrogens with one attached hydrogen (secondary N) is 1. The molecule has 4 rings (SSSR count). The number of rotatable bonds is 13. The number of nitrogens with zero attached hydrogens (tertiary/aromatic N) is 2. The van der Waals surface area contributed by atoms with Crippen LogP contribution in [-0.4, -0.2) is 72.1 Å². The second kappa shape index (κ2) is 13.7. The third-order valence-electron chi connectivity index (χ3n) is 6.94. The van der Waals surface area contributed by atoms with Crippen molar-refractivity contribution in [2.75, 3.05) is 13.2 Å². The van der Waals surface area contributed by atoms with Crippen LogP contribution in [0.5, 0.6) is 0 Å². The number of carbonyl (C=O) groups excluding carboxylic acids is 2. The van der Waals surface area contributed by atoms with Crippen LogP contribution in [0.15, 0.2) is 77.4 Å². The Labute approximate surface area is 234 Å². The average Bonchev–Trinajstić information content (AvgIpc) is 3.22.